The van der Waals surface area contributed by atoms with E-state index in [1.165, 1.54) is 0 Å². The minimum absolute atomic E-state index is 2.60. The molecule has 7 heavy (non-hydrogen) atoms. The predicted molar refractivity (Wildman–Crippen MR) is 30.1 cm³/mol. The first-order chi connectivity index (χ1) is 2.94. The summed E-state index contributed by atoms with van der Waals surface area (Å²) < 4.78 is 27.3. The average Bonchev–Trinajstić information content (AvgIpc) is 1.31. The molecule has 0 aliphatic carbocycles. The Kier molecular flexibility index (Phi) is 2.79. The SMILES string of the molecule is O=S(O)P(=O)(Cl)Cl. The maximum Gasteiger partial charge on any atom is 0.362 e. The van der Waals surface area contributed by atoms with Crippen LogP contribution in [0, 0.1) is 0 Å². The lowest BCUT2D eigenvalue weighted by molar-refractivity contribution is 0.566. The van der Waals surface area contributed by atoms with Gasteiger partial charge in [0.05, 0.1) is 0 Å². The van der Waals surface area contributed by atoms with Crippen molar-refractivity contribution >= 4 is 38.2 Å². The third-order valence-electron chi connectivity index (χ3n) is 0.182. The summed E-state index contributed by atoms with van der Waals surface area (Å²) in [6.45, 7) is 0. The lowest BCUT2D eigenvalue weighted by Gasteiger charge is -1.87. The second kappa shape index (κ2) is 2.46. The van der Waals surface area contributed by atoms with E-state index in [0.717, 1.165) is 0 Å². The molecule has 0 aromatic carbocycles. The molecule has 0 rings (SSSR count). The molecule has 0 saturated heterocycles. The summed E-state index contributed by atoms with van der Waals surface area (Å²) in [7, 11) is -2.60. The average molecular weight is 183 g/mol. The minimum Gasteiger partial charge on any atom is -0.299 e. The van der Waals surface area contributed by atoms with Gasteiger partial charge in [0.2, 0.25) is 10.7 Å². The summed E-state index contributed by atoms with van der Waals surface area (Å²) in [6.07, 6.45) is 0. The molecule has 44 valence electrons. The summed E-state index contributed by atoms with van der Waals surface area (Å²) in [5, 5.41) is -3.77. The monoisotopic (exact) mass is 182 g/mol. The second-order valence-corrected chi connectivity index (χ2v) is 8.99. The quantitative estimate of drug-likeness (QED) is 0.497. The first-order valence-electron chi connectivity index (χ1n) is 1.05. The Bertz CT molecular complexity index is 125. The zero-order valence-corrected chi connectivity index (χ0v) is 6.10. The molecule has 1 atom stereocenters. The largest absolute Gasteiger partial charge is 0.362 e. The van der Waals surface area contributed by atoms with Crippen molar-refractivity contribution in [1.82, 2.24) is 0 Å². The zero-order valence-electron chi connectivity index (χ0n) is 2.88. The fraction of sp³-hybridized carbons (Fsp3) is 0. The lowest BCUT2D eigenvalue weighted by Crippen LogP contribution is -1.73. The van der Waals surface area contributed by atoms with Crippen LogP contribution in [0.15, 0.2) is 0 Å². The minimum atomic E-state index is -3.77. The normalized spacial score (nSPS) is 16.4. The van der Waals surface area contributed by atoms with Crippen LogP contribution in [0.5, 0.6) is 0 Å². The van der Waals surface area contributed by atoms with Crippen molar-refractivity contribution in [3.63, 3.8) is 0 Å². The molecule has 0 heterocycles. The molecular weight excluding hydrogens is 182 g/mol. The molecule has 7 heteroatoms. The second-order valence-electron chi connectivity index (χ2n) is 0.645. The van der Waals surface area contributed by atoms with Crippen LogP contribution >= 0.6 is 27.5 Å². The maximum absolute atomic E-state index is 9.90. The Morgan fingerprint density at radius 1 is 1.57 bits per heavy atom. The van der Waals surface area contributed by atoms with Crippen LogP contribution in [0.2, 0.25) is 0 Å². The van der Waals surface area contributed by atoms with Gasteiger partial charge in [0.25, 0.3) is 0 Å². The number of halogens is 2. The summed E-state index contributed by atoms with van der Waals surface area (Å²) in [5.74, 6) is 0. The number of hydrogen-bond acceptors (Lipinski definition) is 2. The fourth-order valence-corrected chi connectivity index (χ4v) is 0. The highest BCUT2D eigenvalue weighted by Gasteiger charge is 2.20. The maximum atomic E-state index is 9.90. The van der Waals surface area contributed by atoms with Crippen molar-refractivity contribution in [3.8, 4) is 0 Å². The predicted octanol–water partition coefficient (Wildman–Crippen LogP) is 1.79. The molecule has 3 nitrogen and oxygen atoms in total. The Hall–Kier alpha value is 0.920. The van der Waals surface area contributed by atoms with E-state index in [-0.39, 0.29) is 0 Å². The number of rotatable bonds is 1. The van der Waals surface area contributed by atoms with Crippen LogP contribution in [0.4, 0.5) is 0 Å². The van der Waals surface area contributed by atoms with Crippen LogP contribution in [-0.4, -0.2) is 8.76 Å². The molecule has 1 unspecified atom stereocenters. The smallest absolute Gasteiger partial charge is 0.299 e. The Balaban J connectivity index is 4.09. The summed E-state index contributed by atoms with van der Waals surface area (Å²) in [4.78, 5) is 0. The molecule has 0 aliphatic rings. The van der Waals surface area contributed by atoms with Crippen molar-refractivity contribution < 1.29 is 13.3 Å². The zero-order chi connectivity index (χ0) is 6.08. The van der Waals surface area contributed by atoms with Crippen molar-refractivity contribution in [1.29, 1.82) is 0 Å². The third-order valence-corrected chi connectivity index (χ3v) is 3.76. The van der Waals surface area contributed by atoms with Gasteiger partial charge in [-0.1, -0.05) is 0 Å². The van der Waals surface area contributed by atoms with Gasteiger partial charge in [-0.2, -0.15) is 0 Å². The molecule has 0 radical (unpaired) electrons. The molecule has 0 aromatic heterocycles. The highest BCUT2D eigenvalue weighted by atomic mass is 35.9. The van der Waals surface area contributed by atoms with Gasteiger partial charge in [-0.3, -0.25) is 9.12 Å². The highest BCUT2D eigenvalue weighted by Crippen LogP contribution is 2.59. The fourth-order valence-electron chi connectivity index (χ4n) is 0. The van der Waals surface area contributed by atoms with Gasteiger partial charge >= 0.3 is 5.05 Å². The van der Waals surface area contributed by atoms with E-state index < -0.39 is 15.7 Å². The molecule has 0 spiro atoms. The first kappa shape index (κ1) is 7.92. The molecule has 0 saturated carbocycles. The van der Waals surface area contributed by atoms with Gasteiger partial charge in [0.1, 0.15) is 0 Å². The topological polar surface area (TPSA) is 54.4 Å². The molecule has 0 amide bonds. The summed E-state index contributed by atoms with van der Waals surface area (Å²) in [5.41, 5.74) is 0. The third kappa shape index (κ3) is 3.50. The van der Waals surface area contributed by atoms with E-state index in [2.05, 4.69) is 22.5 Å². The van der Waals surface area contributed by atoms with E-state index in [4.69, 9.17) is 4.55 Å². The molecule has 0 bridgehead atoms. The van der Waals surface area contributed by atoms with Crippen LogP contribution < -0.4 is 0 Å². The Morgan fingerprint density at radius 2 is 1.71 bits per heavy atom. The Labute approximate surface area is 52.0 Å². The van der Waals surface area contributed by atoms with E-state index in [1.54, 1.807) is 0 Å². The van der Waals surface area contributed by atoms with E-state index in [1.807, 2.05) is 0 Å². The first-order valence-corrected chi connectivity index (χ1v) is 6.28. The van der Waals surface area contributed by atoms with Gasteiger partial charge in [-0.15, -0.1) is 0 Å². The lowest BCUT2D eigenvalue weighted by atomic mass is 15.9. The van der Waals surface area contributed by atoms with Gasteiger partial charge in [0.15, 0.2) is 0 Å². The molecular formula is HCl2O3PS. The molecule has 1 N–H and O–H groups in total. The van der Waals surface area contributed by atoms with Crippen molar-refractivity contribution in [2.45, 2.75) is 0 Å². The molecule has 0 aliphatic heterocycles. The van der Waals surface area contributed by atoms with Crippen LogP contribution in [0.25, 0.3) is 0 Å². The van der Waals surface area contributed by atoms with Gasteiger partial charge in [-0.25, -0.2) is 4.21 Å². The van der Waals surface area contributed by atoms with Gasteiger partial charge < -0.3 is 0 Å². The van der Waals surface area contributed by atoms with Gasteiger partial charge in [-0.05, 0) is 22.5 Å². The van der Waals surface area contributed by atoms with E-state index in [9.17, 15) is 8.77 Å². The van der Waals surface area contributed by atoms with Gasteiger partial charge in [0, 0.05) is 0 Å². The van der Waals surface area contributed by atoms with Crippen LogP contribution in [0.1, 0.15) is 0 Å². The van der Waals surface area contributed by atoms with Crippen molar-refractivity contribution in [3.05, 3.63) is 0 Å². The summed E-state index contributed by atoms with van der Waals surface area (Å²) in [6, 6.07) is 0. The van der Waals surface area contributed by atoms with Crippen molar-refractivity contribution in [2.24, 2.45) is 0 Å². The standard InChI is InChI=1S/Cl2HO3PS/c1-6(2,3)7(4)5/h(H,4,5). The molecule has 0 fully saturated rings. The highest BCUT2D eigenvalue weighted by molar-refractivity contribution is 8.63. The van der Waals surface area contributed by atoms with E-state index >= 15 is 0 Å². The Morgan fingerprint density at radius 3 is 1.71 bits per heavy atom. The number of hydrogen-bond donors (Lipinski definition) is 1. The molecule has 0 aromatic rings. The van der Waals surface area contributed by atoms with E-state index in [0.29, 0.717) is 0 Å². The van der Waals surface area contributed by atoms with Crippen molar-refractivity contribution in [2.75, 3.05) is 0 Å². The summed E-state index contributed by atoms with van der Waals surface area (Å²) >= 11 is 9.28. The van der Waals surface area contributed by atoms with Crippen LogP contribution in [-0.2, 0) is 15.3 Å². The van der Waals surface area contributed by atoms with Crippen LogP contribution in [0.3, 0.4) is 0 Å².